The molecule has 0 fully saturated rings. The van der Waals surface area contributed by atoms with Crippen LogP contribution >= 0.6 is 0 Å². The van der Waals surface area contributed by atoms with Gasteiger partial charge in [0.25, 0.3) is 0 Å². The Hall–Kier alpha value is -0.980. The molecule has 0 radical (unpaired) electrons. The number of nitrogens with one attached hydrogen (secondary N) is 1. The smallest absolute Gasteiger partial charge is 0.211 e. The molecule has 0 saturated heterocycles. The lowest BCUT2D eigenvalue weighted by Gasteiger charge is -2.06. The van der Waals surface area contributed by atoms with Crippen molar-refractivity contribution in [3.05, 3.63) is 35.6 Å². The van der Waals surface area contributed by atoms with E-state index < -0.39 is 10.0 Å². The van der Waals surface area contributed by atoms with Gasteiger partial charge < -0.3 is 5.73 Å². The first-order valence-electron chi connectivity index (χ1n) is 5.45. The second-order valence-electron chi connectivity index (χ2n) is 3.77. The third-order valence-corrected chi connectivity index (χ3v) is 3.66. The van der Waals surface area contributed by atoms with Gasteiger partial charge in [-0.3, -0.25) is 0 Å². The van der Waals surface area contributed by atoms with Crippen LogP contribution in [0, 0.1) is 5.82 Å². The van der Waals surface area contributed by atoms with Crippen molar-refractivity contribution in [2.24, 2.45) is 5.73 Å². The van der Waals surface area contributed by atoms with Crippen LogP contribution in [0.1, 0.15) is 18.4 Å². The van der Waals surface area contributed by atoms with E-state index in [2.05, 4.69) is 4.72 Å². The number of sulfonamides is 1. The van der Waals surface area contributed by atoms with E-state index >= 15 is 0 Å². The monoisotopic (exact) mass is 260 g/mol. The zero-order chi connectivity index (χ0) is 12.7. The van der Waals surface area contributed by atoms with Crippen LogP contribution in [-0.2, 0) is 16.6 Å². The number of rotatable bonds is 7. The van der Waals surface area contributed by atoms with Crippen molar-refractivity contribution >= 4 is 10.0 Å². The van der Waals surface area contributed by atoms with Gasteiger partial charge in [0.2, 0.25) is 10.0 Å². The Labute approximate surface area is 101 Å². The summed E-state index contributed by atoms with van der Waals surface area (Å²) in [7, 11) is -3.29. The number of nitrogens with two attached hydrogens (primary N) is 1. The maximum Gasteiger partial charge on any atom is 0.211 e. The lowest BCUT2D eigenvalue weighted by molar-refractivity contribution is 0.576. The van der Waals surface area contributed by atoms with Crippen LogP contribution < -0.4 is 10.5 Å². The maximum absolute atomic E-state index is 12.8. The van der Waals surface area contributed by atoms with Crippen LogP contribution in [0.25, 0.3) is 0 Å². The lowest BCUT2D eigenvalue weighted by atomic mass is 10.2. The molecule has 4 nitrogen and oxygen atoms in total. The number of halogens is 1. The number of benzene rings is 1. The van der Waals surface area contributed by atoms with Crippen molar-refractivity contribution in [2.75, 3.05) is 12.3 Å². The molecule has 0 saturated carbocycles. The summed E-state index contributed by atoms with van der Waals surface area (Å²) in [5.74, 6) is -0.315. The van der Waals surface area contributed by atoms with E-state index in [4.69, 9.17) is 5.73 Å². The van der Waals surface area contributed by atoms with Gasteiger partial charge in [-0.2, -0.15) is 0 Å². The van der Waals surface area contributed by atoms with Gasteiger partial charge in [-0.1, -0.05) is 12.1 Å². The molecule has 17 heavy (non-hydrogen) atoms. The molecule has 0 spiro atoms. The molecule has 0 aliphatic carbocycles. The van der Waals surface area contributed by atoms with Gasteiger partial charge in [0.1, 0.15) is 5.82 Å². The lowest BCUT2D eigenvalue weighted by Crippen LogP contribution is -2.26. The summed E-state index contributed by atoms with van der Waals surface area (Å²) in [6, 6.07) is 5.85. The first kappa shape index (κ1) is 14.1. The van der Waals surface area contributed by atoms with Gasteiger partial charge in [0.15, 0.2) is 0 Å². The van der Waals surface area contributed by atoms with E-state index in [0.717, 1.165) is 0 Å². The van der Waals surface area contributed by atoms with E-state index in [1.54, 1.807) is 12.1 Å². The predicted octanol–water partition coefficient (Wildman–Crippen LogP) is 0.984. The van der Waals surface area contributed by atoms with E-state index in [1.807, 2.05) is 0 Å². The summed E-state index contributed by atoms with van der Waals surface area (Å²) in [6.45, 7) is 0.599. The number of hydrogen-bond acceptors (Lipinski definition) is 3. The van der Waals surface area contributed by atoms with Gasteiger partial charge in [-0.15, -0.1) is 0 Å². The summed E-state index contributed by atoms with van der Waals surface area (Å²) in [4.78, 5) is 0. The van der Waals surface area contributed by atoms with Gasteiger partial charge in [0, 0.05) is 6.54 Å². The van der Waals surface area contributed by atoms with E-state index in [-0.39, 0.29) is 18.1 Å². The zero-order valence-electron chi connectivity index (χ0n) is 9.52. The third kappa shape index (κ3) is 5.76. The largest absolute Gasteiger partial charge is 0.330 e. The van der Waals surface area contributed by atoms with Crippen molar-refractivity contribution < 1.29 is 12.8 Å². The van der Waals surface area contributed by atoms with Crippen molar-refractivity contribution in [1.82, 2.24) is 4.72 Å². The van der Waals surface area contributed by atoms with E-state index in [1.165, 1.54) is 12.1 Å². The minimum absolute atomic E-state index is 0.0551. The van der Waals surface area contributed by atoms with Gasteiger partial charge in [0.05, 0.1) is 5.75 Å². The normalized spacial score (nSPS) is 11.6. The Morgan fingerprint density at radius 3 is 2.71 bits per heavy atom. The van der Waals surface area contributed by atoms with Gasteiger partial charge in [-0.25, -0.2) is 17.5 Å². The molecule has 1 aromatic rings. The summed E-state index contributed by atoms with van der Waals surface area (Å²) in [6.07, 6.45) is 1.22. The highest BCUT2D eigenvalue weighted by atomic mass is 32.2. The molecule has 0 heterocycles. The Morgan fingerprint density at radius 2 is 2.06 bits per heavy atom. The number of hydrogen-bond donors (Lipinski definition) is 2. The van der Waals surface area contributed by atoms with E-state index in [0.29, 0.717) is 24.9 Å². The summed E-state index contributed by atoms with van der Waals surface area (Å²) in [5, 5.41) is 0. The Bertz CT molecular complexity index is 449. The average Bonchev–Trinajstić information content (AvgIpc) is 2.27. The fraction of sp³-hybridized carbons (Fsp3) is 0.455. The highest BCUT2D eigenvalue weighted by molar-refractivity contribution is 7.89. The maximum atomic E-state index is 12.8. The molecule has 96 valence electrons. The van der Waals surface area contributed by atoms with Crippen molar-refractivity contribution in [3.8, 4) is 0 Å². The SMILES string of the molecule is NCCCCS(=O)(=O)NCc1cccc(F)c1. The average molecular weight is 260 g/mol. The van der Waals surface area contributed by atoms with Crippen molar-refractivity contribution in [1.29, 1.82) is 0 Å². The molecule has 0 unspecified atom stereocenters. The quantitative estimate of drug-likeness (QED) is 0.718. The minimum atomic E-state index is -3.29. The summed E-state index contributed by atoms with van der Waals surface area (Å²) >= 11 is 0. The molecular formula is C11H17FN2O2S. The highest BCUT2D eigenvalue weighted by Gasteiger charge is 2.09. The van der Waals surface area contributed by atoms with Crippen LogP contribution in [0.4, 0.5) is 4.39 Å². The fourth-order valence-electron chi connectivity index (χ4n) is 1.35. The molecule has 3 N–H and O–H groups in total. The van der Waals surface area contributed by atoms with E-state index in [9.17, 15) is 12.8 Å². The molecule has 1 rings (SSSR count). The second kappa shape index (κ2) is 6.68. The van der Waals surface area contributed by atoms with Crippen LogP contribution in [0.3, 0.4) is 0 Å². The first-order valence-corrected chi connectivity index (χ1v) is 7.10. The van der Waals surface area contributed by atoms with Crippen LogP contribution in [0.5, 0.6) is 0 Å². The molecule has 0 bridgehead atoms. The molecule has 0 atom stereocenters. The molecule has 0 amide bonds. The van der Waals surface area contributed by atoms with Gasteiger partial charge in [-0.05, 0) is 37.1 Å². The molecule has 0 aliphatic heterocycles. The standard InChI is InChI=1S/C11H17FN2O2S/c12-11-5-3-4-10(8-11)9-14-17(15,16)7-2-1-6-13/h3-5,8,14H,1-2,6-7,9,13H2. The van der Waals surface area contributed by atoms with Gasteiger partial charge >= 0.3 is 0 Å². The molecule has 6 heteroatoms. The first-order chi connectivity index (χ1) is 8.03. The summed E-state index contributed by atoms with van der Waals surface area (Å²) in [5.41, 5.74) is 5.89. The Kier molecular flexibility index (Phi) is 5.54. The zero-order valence-corrected chi connectivity index (χ0v) is 10.3. The fourth-order valence-corrected chi connectivity index (χ4v) is 2.46. The van der Waals surface area contributed by atoms with Crippen molar-refractivity contribution in [3.63, 3.8) is 0 Å². The molecule has 0 aromatic heterocycles. The van der Waals surface area contributed by atoms with Crippen molar-refractivity contribution in [2.45, 2.75) is 19.4 Å². The minimum Gasteiger partial charge on any atom is -0.330 e. The second-order valence-corrected chi connectivity index (χ2v) is 5.69. The Morgan fingerprint density at radius 1 is 1.29 bits per heavy atom. The Balaban J connectivity index is 2.44. The third-order valence-electron chi connectivity index (χ3n) is 2.25. The van der Waals surface area contributed by atoms with Crippen LogP contribution in [-0.4, -0.2) is 20.7 Å². The molecule has 0 aliphatic rings. The predicted molar refractivity (Wildman–Crippen MR) is 65.3 cm³/mol. The number of unbranched alkanes of at least 4 members (excludes halogenated alkanes) is 1. The highest BCUT2D eigenvalue weighted by Crippen LogP contribution is 2.04. The molecule has 1 aromatic carbocycles. The topological polar surface area (TPSA) is 72.2 Å². The van der Waals surface area contributed by atoms with Crippen LogP contribution in [0.15, 0.2) is 24.3 Å². The van der Waals surface area contributed by atoms with Crippen LogP contribution in [0.2, 0.25) is 0 Å². The molecular weight excluding hydrogens is 243 g/mol. The summed E-state index contributed by atoms with van der Waals surface area (Å²) < 4.78 is 38.3.